The van der Waals surface area contributed by atoms with Gasteiger partial charge in [0.15, 0.2) is 5.82 Å². The lowest BCUT2D eigenvalue weighted by molar-refractivity contribution is 0.398. The van der Waals surface area contributed by atoms with Crippen LogP contribution in [0.4, 0.5) is 0 Å². The normalized spacial score (nSPS) is 14.3. The van der Waals surface area contributed by atoms with E-state index in [0.717, 1.165) is 43.3 Å². The SMILES string of the molecule is COc1ccc(-n2ccnc2-c2cc3n(n2)CCCNC3)cn1. The molecule has 0 aromatic carbocycles. The molecule has 7 heteroatoms. The molecule has 1 N–H and O–H groups in total. The van der Waals surface area contributed by atoms with Crippen molar-refractivity contribution in [2.24, 2.45) is 0 Å². The molecule has 7 nitrogen and oxygen atoms in total. The van der Waals surface area contributed by atoms with Gasteiger partial charge in [-0.05, 0) is 25.1 Å². The minimum Gasteiger partial charge on any atom is -0.481 e. The van der Waals surface area contributed by atoms with Crippen LogP contribution in [0.5, 0.6) is 5.88 Å². The van der Waals surface area contributed by atoms with Gasteiger partial charge in [0.2, 0.25) is 5.88 Å². The Hall–Kier alpha value is -2.67. The Kier molecular flexibility index (Phi) is 3.55. The first-order valence-corrected chi connectivity index (χ1v) is 7.67. The first-order valence-electron chi connectivity index (χ1n) is 7.67. The van der Waals surface area contributed by atoms with Gasteiger partial charge in [-0.3, -0.25) is 9.25 Å². The number of hydrogen-bond donors (Lipinski definition) is 1. The maximum absolute atomic E-state index is 5.11. The van der Waals surface area contributed by atoms with Crippen molar-refractivity contribution in [1.82, 2.24) is 29.6 Å². The number of pyridine rings is 1. The Morgan fingerprint density at radius 3 is 3.04 bits per heavy atom. The van der Waals surface area contributed by atoms with Gasteiger partial charge < -0.3 is 10.1 Å². The summed E-state index contributed by atoms with van der Waals surface area (Å²) in [6.07, 6.45) is 6.56. The largest absolute Gasteiger partial charge is 0.481 e. The number of nitrogens with one attached hydrogen (secondary N) is 1. The summed E-state index contributed by atoms with van der Waals surface area (Å²) in [7, 11) is 1.61. The van der Waals surface area contributed by atoms with Gasteiger partial charge in [-0.25, -0.2) is 9.97 Å². The number of aryl methyl sites for hydroxylation is 1. The quantitative estimate of drug-likeness (QED) is 0.796. The maximum atomic E-state index is 5.11. The van der Waals surface area contributed by atoms with E-state index < -0.39 is 0 Å². The molecule has 1 aliphatic rings. The molecule has 0 spiro atoms. The lowest BCUT2D eigenvalue weighted by atomic mass is 10.3. The van der Waals surface area contributed by atoms with Crippen LogP contribution in [0, 0.1) is 0 Å². The summed E-state index contributed by atoms with van der Waals surface area (Å²) in [6.45, 7) is 2.82. The number of nitrogens with zero attached hydrogens (tertiary/aromatic N) is 5. The van der Waals surface area contributed by atoms with E-state index in [1.54, 1.807) is 19.5 Å². The molecule has 1 aliphatic heterocycles. The number of aromatic nitrogens is 5. The Labute approximate surface area is 133 Å². The van der Waals surface area contributed by atoms with Crippen molar-refractivity contribution in [2.45, 2.75) is 19.5 Å². The summed E-state index contributed by atoms with van der Waals surface area (Å²) in [5.74, 6) is 1.41. The average Bonchev–Trinajstić information content (AvgIpc) is 3.17. The minimum atomic E-state index is 0.593. The number of methoxy groups -OCH3 is 1. The summed E-state index contributed by atoms with van der Waals surface area (Å²) in [4.78, 5) is 8.74. The molecule has 0 bridgehead atoms. The molecule has 0 saturated carbocycles. The Morgan fingerprint density at radius 1 is 1.26 bits per heavy atom. The topological polar surface area (TPSA) is 69.8 Å². The molecule has 0 radical (unpaired) electrons. The Balaban J connectivity index is 1.72. The maximum Gasteiger partial charge on any atom is 0.213 e. The van der Waals surface area contributed by atoms with Crippen LogP contribution in [-0.2, 0) is 13.1 Å². The van der Waals surface area contributed by atoms with Gasteiger partial charge in [0, 0.05) is 31.5 Å². The lowest BCUT2D eigenvalue weighted by Crippen LogP contribution is -2.11. The first-order chi connectivity index (χ1) is 11.3. The zero-order valence-corrected chi connectivity index (χ0v) is 12.9. The van der Waals surface area contributed by atoms with Crippen LogP contribution in [0.15, 0.2) is 36.8 Å². The first kappa shape index (κ1) is 14.0. The highest BCUT2D eigenvalue weighted by Gasteiger charge is 2.16. The van der Waals surface area contributed by atoms with Crippen LogP contribution in [0.2, 0.25) is 0 Å². The average molecular weight is 310 g/mol. The van der Waals surface area contributed by atoms with Crippen LogP contribution in [0.1, 0.15) is 12.1 Å². The Morgan fingerprint density at radius 2 is 2.22 bits per heavy atom. The van der Waals surface area contributed by atoms with Gasteiger partial charge in [-0.1, -0.05) is 0 Å². The van der Waals surface area contributed by atoms with E-state index in [1.165, 1.54) is 5.69 Å². The summed E-state index contributed by atoms with van der Waals surface area (Å²) >= 11 is 0. The van der Waals surface area contributed by atoms with Gasteiger partial charge >= 0.3 is 0 Å². The van der Waals surface area contributed by atoms with Gasteiger partial charge in [0.05, 0.1) is 24.7 Å². The van der Waals surface area contributed by atoms with E-state index >= 15 is 0 Å². The molecule has 4 heterocycles. The highest BCUT2D eigenvalue weighted by molar-refractivity contribution is 5.54. The zero-order chi connectivity index (χ0) is 15.6. The third-order valence-corrected chi connectivity index (χ3v) is 3.97. The van der Waals surface area contributed by atoms with Gasteiger partial charge in [0.1, 0.15) is 5.69 Å². The van der Waals surface area contributed by atoms with Crippen molar-refractivity contribution in [3.63, 3.8) is 0 Å². The third-order valence-electron chi connectivity index (χ3n) is 3.97. The molecule has 118 valence electrons. The summed E-state index contributed by atoms with van der Waals surface area (Å²) in [6, 6.07) is 5.90. The van der Waals surface area contributed by atoms with Gasteiger partial charge in [-0.15, -0.1) is 0 Å². The molecule has 3 aromatic rings. The second-order valence-electron chi connectivity index (χ2n) is 5.45. The van der Waals surface area contributed by atoms with Crippen molar-refractivity contribution >= 4 is 0 Å². The predicted molar refractivity (Wildman–Crippen MR) is 85.5 cm³/mol. The van der Waals surface area contributed by atoms with Crippen LogP contribution in [-0.4, -0.2) is 38.0 Å². The van der Waals surface area contributed by atoms with E-state index in [9.17, 15) is 0 Å². The molecule has 23 heavy (non-hydrogen) atoms. The molecular weight excluding hydrogens is 292 g/mol. The van der Waals surface area contributed by atoms with Crippen molar-refractivity contribution in [2.75, 3.05) is 13.7 Å². The molecule has 0 fully saturated rings. The highest BCUT2D eigenvalue weighted by atomic mass is 16.5. The fourth-order valence-electron chi connectivity index (χ4n) is 2.81. The van der Waals surface area contributed by atoms with E-state index in [0.29, 0.717) is 5.88 Å². The van der Waals surface area contributed by atoms with Gasteiger partial charge in [-0.2, -0.15) is 5.10 Å². The number of hydrogen-bond acceptors (Lipinski definition) is 5. The second kappa shape index (κ2) is 5.85. The van der Waals surface area contributed by atoms with Crippen LogP contribution in [0.3, 0.4) is 0 Å². The molecule has 0 unspecified atom stereocenters. The molecule has 0 amide bonds. The zero-order valence-electron chi connectivity index (χ0n) is 12.9. The number of fused-ring (bicyclic) bond motifs is 1. The number of imidazole rings is 1. The van der Waals surface area contributed by atoms with Crippen molar-refractivity contribution in [3.8, 4) is 23.1 Å². The van der Waals surface area contributed by atoms with Crippen LogP contribution < -0.4 is 10.1 Å². The molecule has 3 aromatic heterocycles. The summed E-state index contributed by atoms with van der Waals surface area (Å²) < 4.78 is 9.17. The number of rotatable bonds is 3. The van der Waals surface area contributed by atoms with E-state index in [4.69, 9.17) is 9.84 Å². The van der Waals surface area contributed by atoms with Crippen molar-refractivity contribution in [3.05, 3.63) is 42.5 Å². The molecular formula is C16H18N6O. The Bertz CT molecular complexity index is 781. The monoisotopic (exact) mass is 310 g/mol. The predicted octanol–water partition coefficient (Wildman–Crippen LogP) is 1.63. The molecule has 4 rings (SSSR count). The minimum absolute atomic E-state index is 0.593. The third kappa shape index (κ3) is 2.59. The summed E-state index contributed by atoms with van der Waals surface area (Å²) in [5.41, 5.74) is 3.00. The highest BCUT2D eigenvalue weighted by Crippen LogP contribution is 2.22. The van der Waals surface area contributed by atoms with Crippen LogP contribution in [0.25, 0.3) is 17.2 Å². The van der Waals surface area contributed by atoms with E-state index in [1.807, 2.05) is 22.9 Å². The second-order valence-corrected chi connectivity index (χ2v) is 5.45. The van der Waals surface area contributed by atoms with E-state index in [-0.39, 0.29) is 0 Å². The summed E-state index contributed by atoms with van der Waals surface area (Å²) in [5, 5.41) is 8.13. The number of ether oxygens (including phenoxy) is 1. The van der Waals surface area contributed by atoms with Crippen molar-refractivity contribution in [1.29, 1.82) is 0 Å². The fourth-order valence-corrected chi connectivity index (χ4v) is 2.81. The lowest BCUT2D eigenvalue weighted by Gasteiger charge is -2.06. The standard InChI is InChI=1S/C16H18N6O/c1-23-15-4-3-12(11-19-15)21-8-6-18-16(21)14-9-13-10-17-5-2-7-22(13)20-14/h3-4,6,8-9,11,17H,2,5,7,10H2,1H3. The fraction of sp³-hybridized carbons (Fsp3) is 0.312. The molecule has 0 saturated heterocycles. The van der Waals surface area contributed by atoms with Crippen molar-refractivity contribution < 1.29 is 4.74 Å². The smallest absolute Gasteiger partial charge is 0.213 e. The van der Waals surface area contributed by atoms with Gasteiger partial charge in [0.25, 0.3) is 0 Å². The van der Waals surface area contributed by atoms with E-state index in [2.05, 4.69) is 26.0 Å². The molecule has 0 aliphatic carbocycles. The molecule has 0 atom stereocenters. The van der Waals surface area contributed by atoms with Crippen LogP contribution >= 0.6 is 0 Å².